The van der Waals surface area contributed by atoms with Gasteiger partial charge in [0.05, 0.1) is 0 Å². The third-order valence-electron chi connectivity index (χ3n) is 1.41. The van der Waals surface area contributed by atoms with E-state index in [4.69, 9.17) is 0 Å². The average Bonchev–Trinajstić information content (AvgIpc) is 2.28. The Kier molecular flexibility index (Phi) is 13.1. The molecule has 80 valence electrons. The lowest BCUT2D eigenvalue weighted by atomic mass is 10.1. The third-order valence-corrected chi connectivity index (χ3v) is 1.41. The molecule has 0 N–H and O–H groups in total. The zero-order chi connectivity index (χ0) is 11.4. The number of aromatic nitrogens is 1. The van der Waals surface area contributed by atoms with Crippen molar-refractivity contribution in [3.05, 3.63) is 35.7 Å². The SMILES string of the molecule is C/C=C\c1ccncc1C.CC.CC. The summed E-state index contributed by atoms with van der Waals surface area (Å²) in [4.78, 5) is 3.99. The molecule has 0 amide bonds. The highest BCUT2D eigenvalue weighted by Gasteiger charge is 1.88. The summed E-state index contributed by atoms with van der Waals surface area (Å²) in [5, 5.41) is 0. The van der Waals surface area contributed by atoms with Gasteiger partial charge in [0.1, 0.15) is 0 Å². The quantitative estimate of drug-likeness (QED) is 0.641. The number of rotatable bonds is 1. The van der Waals surface area contributed by atoms with E-state index in [0.717, 1.165) is 0 Å². The fraction of sp³-hybridized carbons (Fsp3) is 0.462. The molecule has 1 rings (SSSR count). The minimum Gasteiger partial charge on any atom is -0.264 e. The molecule has 0 atom stereocenters. The van der Waals surface area contributed by atoms with Gasteiger partial charge in [0.15, 0.2) is 0 Å². The molecule has 1 nitrogen and oxygen atoms in total. The van der Waals surface area contributed by atoms with Gasteiger partial charge in [-0.05, 0) is 31.0 Å². The second kappa shape index (κ2) is 11.9. The van der Waals surface area contributed by atoms with Crippen molar-refractivity contribution in [3.63, 3.8) is 0 Å². The maximum atomic E-state index is 3.99. The van der Waals surface area contributed by atoms with Crippen molar-refractivity contribution >= 4 is 6.08 Å². The van der Waals surface area contributed by atoms with Gasteiger partial charge in [0.2, 0.25) is 0 Å². The Labute approximate surface area is 88.9 Å². The number of pyridine rings is 1. The molecular formula is C13H23N. The summed E-state index contributed by atoms with van der Waals surface area (Å²) in [5.74, 6) is 0. The van der Waals surface area contributed by atoms with Crippen LogP contribution in [0.1, 0.15) is 45.7 Å². The molecule has 14 heavy (non-hydrogen) atoms. The Morgan fingerprint density at radius 1 is 1.14 bits per heavy atom. The summed E-state index contributed by atoms with van der Waals surface area (Å²) in [6, 6.07) is 2.01. The van der Waals surface area contributed by atoms with Gasteiger partial charge in [0.25, 0.3) is 0 Å². The first-order valence-corrected chi connectivity index (χ1v) is 5.38. The van der Waals surface area contributed by atoms with Gasteiger partial charge >= 0.3 is 0 Å². The number of hydrogen-bond acceptors (Lipinski definition) is 1. The van der Waals surface area contributed by atoms with E-state index >= 15 is 0 Å². The van der Waals surface area contributed by atoms with Crippen molar-refractivity contribution in [2.75, 3.05) is 0 Å². The summed E-state index contributed by atoms with van der Waals surface area (Å²) in [5.41, 5.74) is 2.47. The molecule has 0 saturated heterocycles. The molecule has 1 aromatic heterocycles. The molecule has 0 saturated carbocycles. The lowest BCUT2D eigenvalue weighted by Gasteiger charge is -1.95. The van der Waals surface area contributed by atoms with Crippen molar-refractivity contribution in [1.82, 2.24) is 4.98 Å². The van der Waals surface area contributed by atoms with E-state index in [1.807, 2.05) is 59.2 Å². The minimum absolute atomic E-state index is 1.22. The smallest absolute Gasteiger partial charge is 0.0303 e. The molecule has 0 unspecified atom stereocenters. The van der Waals surface area contributed by atoms with Gasteiger partial charge < -0.3 is 0 Å². The van der Waals surface area contributed by atoms with E-state index in [2.05, 4.69) is 18.0 Å². The molecule has 0 spiro atoms. The van der Waals surface area contributed by atoms with Crippen LogP contribution in [-0.2, 0) is 0 Å². The Morgan fingerprint density at radius 2 is 1.71 bits per heavy atom. The van der Waals surface area contributed by atoms with Gasteiger partial charge in [0, 0.05) is 12.4 Å². The molecule has 0 fully saturated rings. The second-order valence-electron chi connectivity index (χ2n) is 2.23. The molecule has 1 heteroatoms. The Hall–Kier alpha value is -1.11. The number of allylic oxidation sites excluding steroid dienone is 1. The van der Waals surface area contributed by atoms with E-state index in [-0.39, 0.29) is 0 Å². The summed E-state index contributed by atoms with van der Waals surface area (Å²) in [6.07, 6.45) is 7.79. The van der Waals surface area contributed by atoms with E-state index in [1.165, 1.54) is 11.1 Å². The number of aryl methyl sites for hydroxylation is 1. The fourth-order valence-corrected chi connectivity index (χ4v) is 0.851. The van der Waals surface area contributed by atoms with Crippen LogP contribution in [0.15, 0.2) is 24.5 Å². The summed E-state index contributed by atoms with van der Waals surface area (Å²) in [7, 11) is 0. The first-order chi connectivity index (χ1) is 6.84. The predicted molar refractivity (Wildman–Crippen MR) is 66.4 cm³/mol. The van der Waals surface area contributed by atoms with E-state index < -0.39 is 0 Å². The summed E-state index contributed by atoms with van der Waals surface area (Å²) < 4.78 is 0. The fourth-order valence-electron chi connectivity index (χ4n) is 0.851. The lowest BCUT2D eigenvalue weighted by molar-refractivity contribution is 1.26. The van der Waals surface area contributed by atoms with Crippen LogP contribution < -0.4 is 0 Å². The topological polar surface area (TPSA) is 12.9 Å². The molecular weight excluding hydrogens is 170 g/mol. The normalized spacial score (nSPS) is 8.43. The van der Waals surface area contributed by atoms with E-state index in [9.17, 15) is 0 Å². The van der Waals surface area contributed by atoms with Crippen LogP contribution in [-0.4, -0.2) is 4.98 Å². The van der Waals surface area contributed by atoms with Crippen LogP contribution in [0.3, 0.4) is 0 Å². The van der Waals surface area contributed by atoms with Gasteiger partial charge in [-0.2, -0.15) is 0 Å². The zero-order valence-corrected chi connectivity index (χ0v) is 10.3. The highest BCUT2D eigenvalue weighted by Crippen LogP contribution is 2.06. The van der Waals surface area contributed by atoms with Crippen molar-refractivity contribution in [2.24, 2.45) is 0 Å². The largest absolute Gasteiger partial charge is 0.264 e. The molecule has 0 aromatic carbocycles. The first kappa shape index (κ1) is 15.4. The molecule has 0 bridgehead atoms. The van der Waals surface area contributed by atoms with E-state index in [0.29, 0.717) is 0 Å². The van der Waals surface area contributed by atoms with Crippen molar-refractivity contribution in [3.8, 4) is 0 Å². The minimum atomic E-state index is 1.22. The average molecular weight is 193 g/mol. The van der Waals surface area contributed by atoms with Crippen molar-refractivity contribution in [2.45, 2.75) is 41.5 Å². The highest BCUT2D eigenvalue weighted by atomic mass is 14.6. The summed E-state index contributed by atoms with van der Waals surface area (Å²) >= 11 is 0. The Morgan fingerprint density at radius 3 is 2.14 bits per heavy atom. The summed E-state index contributed by atoms with van der Waals surface area (Å²) in [6.45, 7) is 12.1. The maximum absolute atomic E-state index is 3.99. The molecule has 0 aliphatic carbocycles. The number of hydrogen-bond donors (Lipinski definition) is 0. The molecule has 1 aromatic rings. The lowest BCUT2D eigenvalue weighted by Crippen LogP contribution is -1.80. The molecule has 0 aliphatic rings. The van der Waals surface area contributed by atoms with Crippen LogP contribution in [0.4, 0.5) is 0 Å². The standard InChI is InChI=1S/C9H11N.2C2H6/c1-3-4-9-5-6-10-7-8(9)2;2*1-2/h3-7H,1-2H3;2*1-2H3/b4-3-;;. The van der Waals surface area contributed by atoms with Crippen molar-refractivity contribution < 1.29 is 0 Å². The van der Waals surface area contributed by atoms with Gasteiger partial charge in [-0.3, -0.25) is 4.98 Å². The Bertz CT molecular complexity index is 239. The van der Waals surface area contributed by atoms with Crippen LogP contribution in [0.25, 0.3) is 6.08 Å². The van der Waals surface area contributed by atoms with Gasteiger partial charge in [-0.25, -0.2) is 0 Å². The molecule has 1 heterocycles. The van der Waals surface area contributed by atoms with Gasteiger partial charge in [-0.1, -0.05) is 39.8 Å². The monoisotopic (exact) mass is 193 g/mol. The Balaban J connectivity index is 0. The zero-order valence-electron chi connectivity index (χ0n) is 10.3. The van der Waals surface area contributed by atoms with Crippen LogP contribution in [0.5, 0.6) is 0 Å². The predicted octanol–water partition coefficient (Wildman–Crippen LogP) is 4.48. The third kappa shape index (κ3) is 6.41. The van der Waals surface area contributed by atoms with Crippen LogP contribution in [0, 0.1) is 6.92 Å². The first-order valence-electron chi connectivity index (χ1n) is 5.38. The van der Waals surface area contributed by atoms with Crippen LogP contribution >= 0.6 is 0 Å². The number of nitrogens with zero attached hydrogens (tertiary/aromatic N) is 1. The van der Waals surface area contributed by atoms with Crippen LogP contribution in [0.2, 0.25) is 0 Å². The maximum Gasteiger partial charge on any atom is 0.0303 e. The van der Waals surface area contributed by atoms with Crippen molar-refractivity contribution in [1.29, 1.82) is 0 Å². The highest BCUT2D eigenvalue weighted by molar-refractivity contribution is 5.51. The molecule has 0 radical (unpaired) electrons. The van der Waals surface area contributed by atoms with Gasteiger partial charge in [-0.15, -0.1) is 0 Å². The second-order valence-corrected chi connectivity index (χ2v) is 2.23. The van der Waals surface area contributed by atoms with E-state index in [1.54, 1.807) is 0 Å². The molecule has 0 aliphatic heterocycles.